The molecule has 0 aromatic heterocycles. The highest BCUT2D eigenvalue weighted by molar-refractivity contribution is 5.78. The first-order valence-electron chi connectivity index (χ1n) is 7.37. The third-order valence-corrected chi connectivity index (χ3v) is 2.95. The van der Waals surface area contributed by atoms with E-state index in [0.717, 1.165) is 24.2 Å². The molecule has 1 aromatic carbocycles. The van der Waals surface area contributed by atoms with Crippen molar-refractivity contribution in [2.24, 2.45) is 0 Å². The maximum absolute atomic E-state index is 11.7. The van der Waals surface area contributed by atoms with Gasteiger partial charge in [-0.15, -0.1) is 0 Å². The third kappa shape index (κ3) is 6.57. The van der Waals surface area contributed by atoms with E-state index in [0.29, 0.717) is 19.7 Å². The van der Waals surface area contributed by atoms with Gasteiger partial charge in [-0.1, -0.05) is 25.5 Å². The van der Waals surface area contributed by atoms with Crippen LogP contribution in [0.15, 0.2) is 24.3 Å². The van der Waals surface area contributed by atoms with Gasteiger partial charge in [0.15, 0.2) is 0 Å². The second-order valence-corrected chi connectivity index (χ2v) is 4.94. The SMILES string of the molecule is CCCC(C)NC(=O)CNCc1cccc(OCC)c1. The minimum absolute atomic E-state index is 0.0481. The summed E-state index contributed by atoms with van der Waals surface area (Å²) in [6.07, 6.45) is 2.10. The zero-order valence-electron chi connectivity index (χ0n) is 12.7. The van der Waals surface area contributed by atoms with E-state index in [-0.39, 0.29) is 11.9 Å². The van der Waals surface area contributed by atoms with Gasteiger partial charge in [-0.05, 0) is 38.0 Å². The normalized spacial score (nSPS) is 11.9. The van der Waals surface area contributed by atoms with Crippen molar-refractivity contribution < 1.29 is 9.53 Å². The summed E-state index contributed by atoms with van der Waals surface area (Å²) in [4.78, 5) is 11.7. The molecule has 0 aliphatic heterocycles. The van der Waals surface area contributed by atoms with Crippen LogP contribution in [-0.2, 0) is 11.3 Å². The van der Waals surface area contributed by atoms with Crippen LogP contribution in [0.4, 0.5) is 0 Å². The molecule has 0 spiro atoms. The van der Waals surface area contributed by atoms with Crippen molar-refractivity contribution in [3.05, 3.63) is 29.8 Å². The predicted octanol–water partition coefficient (Wildman–Crippen LogP) is 2.48. The standard InChI is InChI=1S/C16H26N2O2/c1-4-7-13(3)18-16(19)12-17-11-14-8-6-9-15(10-14)20-5-2/h6,8-10,13,17H,4-5,7,11-12H2,1-3H3,(H,18,19). The molecule has 4 nitrogen and oxygen atoms in total. The summed E-state index contributed by atoms with van der Waals surface area (Å²) in [5.41, 5.74) is 1.12. The molecule has 0 fully saturated rings. The van der Waals surface area contributed by atoms with E-state index < -0.39 is 0 Å². The summed E-state index contributed by atoms with van der Waals surface area (Å²) in [6, 6.07) is 8.16. The molecule has 2 N–H and O–H groups in total. The van der Waals surface area contributed by atoms with Crippen molar-refractivity contribution in [3.8, 4) is 5.75 Å². The maximum Gasteiger partial charge on any atom is 0.234 e. The van der Waals surface area contributed by atoms with Gasteiger partial charge in [0, 0.05) is 12.6 Å². The minimum Gasteiger partial charge on any atom is -0.494 e. The Labute approximate surface area is 121 Å². The first-order chi connectivity index (χ1) is 9.65. The Bertz CT molecular complexity index is 407. The summed E-state index contributed by atoms with van der Waals surface area (Å²) in [7, 11) is 0. The Morgan fingerprint density at radius 1 is 1.35 bits per heavy atom. The van der Waals surface area contributed by atoms with Gasteiger partial charge < -0.3 is 15.4 Å². The van der Waals surface area contributed by atoms with Crippen LogP contribution in [-0.4, -0.2) is 25.1 Å². The third-order valence-electron chi connectivity index (χ3n) is 2.95. The minimum atomic E-state index is 0.0481. The van der Waals surface area contributed by atoms with E-state index in [1.54, 1.807) is 0 Å². The molecule has 1 rings (SSSR count). The molecular weight excluding hydrogens is 252 g/mol. The van der Waals surface area contributed by atoms with E-state index in [2.05, 4.69) is 17.6 Å². The number of carbonyl (C=O) groups excluding carboxylic acids is 1. The highest BCUT2D eigenvalue weighted by Crippen LogP contribution is 2.12. The Morgan fingerprint density at radius 3 is 2.85 bits per heavy atom. The molecule has 0 heterocycles. The summed E-state index contributed by atoms with van der Waals surface area (Å²) in [5, 5.41) is 6.12. The number of hydrogen-bond acceptors (Lipinski definition) is 3. The summed E-state index contributed by atoms with van der Waals surface area (Å²) in [5.74, 6) is 0.916. The molecule has 0 radical (unpaired) electrons. The molecule has 0 saturated heterocycles. The molecule has 1 atom stereocenters. The lowest BCUT2D eigenvalue weighted by molar-refractivity contribution is -0.120. The zero-order valence-corrected chi connectivity index (χ0v) is 12.7. The van der Waals surface area contributed by atoms with Crippen LogP contribution < -0.4 is 15.4 Å². The molecular formula is C16H26N2O2. The number of nitrogens with one attached hydrogen (secondary N) is 2. The Morgan fingerprint density at radius 2 is 2.15 bits per heavy atom. The van der Waals surface area contributed by atoms with Crippen molar-refractivity contribution in [2.45, 2.75) is 46.2 Å². The van der Waals surface area contributed by atoms with Gasteiger partial charge in [-0.25, -0.2) is 0 Å². The lowest BCUT2D eigenvalue weighted by Gasteiger charge is -2.13. The number of carbonyl (C=O) groups is 1. The Hall–Kier alpha value is -1.55. The molecule has 1 aromatic rings. The highest BCUT2D eigenvalue weighted by Gasteiger charge is 2.05. The van der Waals surface area contributed by atoms with Gasteiger partial charge in [0.25, 0.3) is 0 Å². The van der Waals surface area contributed by atoms with Crippen LogP contribution in [0.1, 0.15) is 39.2 Å². The molecule has 0 bridgehead atoms. The van der Waals surface area contributed by atoms with Gasteiger partial charge in [0.1, 0.15) is 5.75 Å². The monoisotopic (exact) mass is 278 g/mol. The van der Waals surface area contributed by atoms with Crippen LogP contribution in [0.3, 0.4) is 0 Å². The van der Waals surface area contributed by atoms with E-state index in [9.17, 15) is 4.79 Å². The van der Waals surface area contributed by atoms with Crippen molar-refractivity contribution in [2.75, 3.05) is 13.2 Å². The number of ether oxygens (including phenoxy) is 1. The molecule has 1 unspecified atom stereocenters. The van der Waals surface area contributed by atoms with Gasteiger partial charge >= 0.3 is 0 Å². The van der Waals surface area contributed by atoms with E-state index in [1.165, 1.54) is 0 Å². The number of amides is 1. The second kappa shape index (κ2) is 9.37. The van der Waals surface area contributed by atoms with Crippen LogP contribution >= 0.6 is 0 Å². The largest absolute Gasteiger partial charge is 0.494 e. The van der Waals surface area contributed by atoms with Crippen LogP contribution in [0, 0.1) is 0 Å². The highest BCUT2D eigenvalue weighted by atomic mass is 16.5. The average Bonchev–Trinajstić information content (AvgIpc) is 2.39. The number of rotatable bonds is 9. The number of benzene rings is 1. The van der Waals surface area contributed by atoms with Crippen molar-refractivity contribution in [3.63, 3.8) is 0 Å². The maximum atomic E-state index is 11.7. The van der Waals surface area contributed by atoms with Gasteiger partial charge in [-0.3, -0.25) is 4.79 Å². The quantitative estimate of drug-likeness (QED) is 0.729. The second-order valence-electron chi connectivity index (χ2n) is 4.94. The Balaban J connectivity index is 2.29. The first-order valence-corrected chi connectivity index (χ1v) is 7.37. The first kappa shape index (κ1) is 16.5. The lowest BCUT2D eigenvalue weighted by Crippen LogP contribution is -2.38. The summed E-state index contributed by atoms with van der Waals surface area (Å²) >= 11 is 0. The van der Waals surface area contributed by atoms with Gasteiger partial charge in [-0.2, -0.15) is 0 Å². The zero-order chi connectivity index (χ0) is 14.8. The molecule has 20 heavy (non-hydrogen) atoms. The molecule has 0 saturated carbocycles. The Kier molecular flexibility index (Phi) is 7.73. The van der Waals surface area contributed by atoms with Gasteiger partial charge in [0.05, 0.1) is 13.2 Å². The van der Waals surface area contributed by atoms with Crippen LogP contribution in [0.5, 0.6) is 5.75 Å². The van der Waals surface area contributed by atoms with Crippen LogP contribution in [0.2, 0.25) is 0 Å². The van der Waals surface area contributed by atoms with Gasteiger partial charge in [0.2, 0.25) is 5.91 Å². The predicted molar refractivity (Wildman–Crippen MR) is 81.8 cm³/mol. The summed E-state index contributed by atoms with van der Waals surface area (Å²) < 4.78 is 5.45. The van der Waals surface area contributed by atoms with E-state index >= 15 is 0 Å². The van der Waals surface area contributed by atoms with Crippen molar-refractivity contribution in [1.82, 2.24) is 10.6 Å². The summed E-state index contributed by atoms with van der Waals surface area (Å²) in [6.45, 7) is 7.78. The smallest absolute Gasteiger partial charge is 0.234 e. The van der Waals surface area contributed by atoms with E-state index in [1.807, 2.05) is 38.1 Å². The fourth-order valence-corrected chi connectivity index (χ4v) is 2.06. The molecule has 112 valence electrons. The molecule has 0 aliphatic carbocycles. The van der Waals surface area contributed by atoms with E-state index in [4.69, 9.17) is 4.74 Å². The van der Waals surface area contributed by atoms with Crippen molar-refractivity contribution in [1.29, 1.82) is 0 Å². The van der Waals surface area contributed by atoms with Crippen LogP contribution in [0.25, 0.3) is 0 Å². The fraction of sp³-hybridized carbons (Fsp3) is 0.562. The van der Waals surface area contributed by atoms with Crippen molar-refractivity contribution >= 4 is 5.91 Å². The topological polar surface area (TPSA) is 50.4 Å². The molecule has 0 aliphatic rings. The molecule has 1 amide bonds. The number of hydrogen-bond donors (Lipinski definition) is 2. The average molecular weight is 278 g/mol. The molecule has 4 heteroatoms. The lowest BCUT2D eigenvalue weighted by atomic mass is 10.2. The fourth-order valence-electron chi connectivity index (χ4n) is 2.06.